The van der Waals surface area contributed by atoms with Gasteiger partial charge in [0, 0.05) is 38.6 Å². The molecule has 1 N–H and O–H groups in total. The summed E-state index contributed by atoms with van der Waals surface area (Å²) in [5.74, 6) is 3.38. The number of aliphatic hydroxyl groups is 1. The van der Waals surface area contributed by atoms with Crippen molar-refractivity contribution in [3.8, 4) is 17.2 Å². The summed E-state index contributed by atoms with van der Waals surface area (Å²) in [5, 5.41) is 11.1. The summed E-state index contributed by atoms with van der Waals surface area (Å²) in [4.78, 5) is 6.62. The van der Waals surface area contributed by atoms with Crippen molar-refractivity contribution in [2.24, 2.45) is 0 Å². The summed E-state index contributed by atoms with van der Waals surface area (Å²) in [6, 6.07) is 12.3. The van der Waals surface area contributed by atoms with Crippen LogP contribution in [-0.2, 0) is 13.1 Å². The number of nitrogens with zero attached hydrogens (tertiary/aromatic N) is 3. The van der Waals surface area contributed by atoms with E-state index in [2.05, 4.69) is 39.6 Å². The largest absolute Gasteiger partial charge is 0.493 e. The molecule has 3 aromatic rings. The van der Waals surface area contributed by atoms with E-state index in [1.54, 1.807) is 7.11 Å². The molecule has 7 nitrogen and oxygen atoms in total. The van der Waals surface area contributed by atoms with Gasteiger partial charge in [-0.1, -0.05) is 23.8 Å². The minimum absolute atomic E-state index is 0.324. The lowest BCUT2D eigenvalue weighted by Crippen LogP contribution is -2.47. The number of ether oxygens (including phenoxy) is 3. The minimum atomic E-state index is -0.793. The van der Waals surface area contributed by atoms with E-state index >= 15 is 0 Å². The number of hydrogen-bond acceptors (Lipinski definition) is 6. The van der Waals surface area contributed by atoms with Crippen LogP contribution in [0.1, 0.15) is 41.8 Å². The fourth-order valence-electron chi connectivity index (χ4n) is 4.69. The van der Waals surface area contributed by atoms with Gasteiger partial charge in [-0.15, -0.1) is 0 Å². The van der Waals surface area contributed by atoms with Crippen molar-refractivity contribution in [2.45, 2.75) is 58.7 Å². The van der Waals surface area contributed by atoms with Crippen LogP contribution in [-0.4, -0.2) is 58.6 Å². The zero-order valence-corrected chi connectivity index (χ0v) is 22.0. The van der Waals surface area contributed by atoms with Gasteiger partial charge in [-0.3, -0.25) is 4.90 Å². The number of hydrogen-bond donors (Lipinski definition) is 1. The van der Waals surface area contributed by atoms with E-state index in [1.807, 2.05) is 44.4 Å². The molecule has 0 bridgehead atoms. The van der Waals surface area contributed by atoms with Crippen LogP contribution < -0.4 is 14.2 Å². The molecule has 194 valence electrons. The van der Waals surface area contributed by atoms with Crippen LogP contribution in [0.25, 0.3) is 0 Å². The quantitative estimate of drug-likeness (QED) is 0.391. The highest BCUT2D eigenvalue weighted by Crippen LogP contribution is 2.30. The van der Waals surface area contributed by atoms with Crippen LogP contribution in [0, 0.1) is 20.8 Å². The SMILES string of the molecule is COc1cc(CN2CCC(O)(COc3ccc(C)cc3C)CC2)ccc1OCCCn1ccnc1C. The van der Waals surface area contributed by atoms with Crippen molar-refractivity contribution >= 4 is 0 Å². The third-order valence-electron chi connectivity index (χ3n) is 6.97. The number of methoxy groups -OCH3 is 1. The highest BCUT2D eigenvalue weighted by molar-refractivity contribution is 5.43. The van der Waals surface area contributed by atoms with Gasteiger partial charge in [0.2, 0.25) is 0 Å². The van der Waals surface area contributed by atoms with E-state index in [0.717, 1.165) is 61.2 Å². The fraction of sp³-hybridized carbons (Fsp3) is 0.483. The van der Waals surface area contributed by atoms with E-state index in [4.69, 9.17) is 14.2 Å². The Bertz CT molecular complexity index is 1140. The second-order valence-corrected chi connectivity index (χ2v) is 9.91. The van der Waals surface area contributed by atoms with Gasteiger partial charge in [0.05, 0.1) is 13.7 Å². The van der Waals surface area contributed by atoms with Crippen LogP contribution in [0.4, 0.5) is 0 Å². The zero-order valence-electron chi connectivity index (χ0n) is 22.0. The Labute approximate surface area is 214 Å². The number of imidazole rings is 1. The smallest absolute Gasteiger partial charge is 0.161 e. The van der Waals surface area contributed by atoms with Crippen LogP contribution in [0.2, 0.25) is 0 Å². The van der Waals surface area contributed by atoms with Gasteiger partial charge >= 0.3 is 0 Å². The van der Waals surface area contributed by atoms with Crippen molar-refractivity contribution < 1.29 is 19.3 Å². The van der Waals surface area contributed by atoms with Gasteiger partial charge in [-0.25, -0.2) is 4.98 Å². The van der Waals surface area contributed by atoms with E-state index in [1.165, 1.54) is 11.1 Å². The first kappa shape index (κ1) is 26.0. The molecule has 1 aromatic heterocycles. The van der Waals surface area contributed by atoms with Crippen LogP contribution in [0.5, 0.6) is 17.2 Å². The molecule has 0 radical (unpaired) electrons. The van der Waals surface area contributed by atoms with Crippen LogP contribution in [0.3, 0.4) is 0 Å². The molecule has 7 heteroatoms. The highest BCUT2D eigenvalue weighted by Gasteiger charge is 2.33. The monoisotopic (exact) mass is 493 g/mol. The molecule has 1 aliphatic rings. The Kier molecular flexibility index (Phi) is 8.54. The Morgan fingerprint density at radius 1 is 0.972 bits per heavy atom. The lowest BCUT2D eigenvalue weighted by molar-refractivity contribution is -0.0538. The standard InChI is InChI=1S/C29H39N3O4/c1-22-6-8-26(23(2)18-22)36-21-29(33)10-14-31(15-11-29)20-25-7-9-27(28(19-25)34-4)35-17-5-13-32-16-12-30-24(32)3/h6-9,12,16,18-19,33H,5,10-11,13-15,17,20-21H2,1-4H3. The Hall–Kier alpha value is -3.03. The number of aromatic nitrogens is 2. The normalized spacial score (nSPS) is 15.6. The Morgan fingerprint density at radius 3 is 2.44 bits per heavy atom. The lowest BCUT2D eigenvalue weighted by Gasteiger charge is -2.38. The first-order chi connectivity index (χ1) is 17.3. The van der Waals surface area contributed by atoms with Gasteiger partial charge in [-0.2, -0.15) is 0 Å². The first-order valence-electron chi connectivity index (χ1n) is 12.8. The fourth-order valence-corrected chi connectivity index (χ4v) is 4.69. The van der Waals surface area contributed by atoms with Gasteiger partial charge < -0.3 is 23.9 Å². The number of rotatable bonds is 11. The molecule has 1 saturated heterocycles. The second-order valence-electron chi connectivity index (χ2n) is 9.91. The molecule has 2 heterocycles. The molecule has 4 rings (SSSR count). The minimum Gasteiger partial charge on any atom is -0.493 e. The number of likely N-dealkylation sites (tertiary alicyclic amines) is 1. The van der Waals surface area contributed by atoms with Crippen LogP contribution >= 0.6 is 0 Å². The van der Waals surface area contributed by atoms with Gasteiger partial charge in [0.1, 0.15) is 23.8 Å². The summed E-state index contributed by atoms with van der Waals surface area (Å²) in [6.07, 6.45) is 6.08. The number of aryl methyl sites for hydroxylation is 4. The predicted octanol–water partition coefficient (Wildman–Crippen LogP) is 4.69. The summed E-state index contributed by atoms with van der Waals surface area (Å²) >= 11 is 0. The molecule has 0 atom stereocenters. The van der Waals surface area contributed by atoms with Crippen molar-refractivity contribution in [1.29, 1.82) is 0 Å². The van der Waals surface area contributed by atoms with Crippen LogP contribution in [0.15, 0.2) is 48.8 Å². The van der Waals surface area contributed by atoms with E-state index < -0.39 is 5.60 Å². The van der Waals surface area contributed by atoms with Crippen molar-refractivity contribution in [1.82, 2.24) is 14.5 Å². The number of benzene rings is 2. The summed E-state index contributed by atoms with van der Waals surface area (Å²) in [7, 11) is 1.68. The highest BCUT2D eigenvalue weighted by atomic mass is 16.5. The van der Waals surface area contributed by atoms with Crippen molar-refractivity contribution in [3.63, 3.8) is 0 Å². The Morgan fingerprint density at radius 2 is 1.75 bits per heavy atom. The average Bonchev–Trinajstić information content (AvgIpc) is 3.28. The molecule has 1 fully saturated rings. The Balaban J connectivity index is 1.24. The maximum Gasteiger partial charge on any atom is 0.161 e. The maximum atomic E-state index is 11.1. The van der Waals surface area contributed by atoms with Gasteiger partial charge in [0.15, 0.2) is 11.5 Å². The van der Waals surface area contributed by atoms with E-state index in [9.17, 15) is 5.11 Å². The molecule has 36 heavy (non-hydrogen) atoms. The lowest BCUT2D eigenvalue weighted by atomic mass is 9.92. The summed E-state index contributed by atoms with van der Waals surface area (Å²) in [6.45, 7) is 10.4. The van der Waals surface area contributed by atoms with Gasteiger partial charge in [0.25, 0.3) is 0 Å². The predicted molar refractivity (Wildman–Crippen MR) is 141 cm³/mol. The molecule has 0 unspecified atom stereocenters. The molecule has 1 aliphatic heterocycles. The summed E-state index contributed by atoms with van der Waals surface area (Å²) in [5.41, 5.74) is 2.69. The molecule has 0 saturated carbocycles. The average molecular weight is 494 g/mol. The van der Waals surface area contributed by atoms with E-state index in [0.29, 0.717) is 26.1 Å². The molecule has 0 amide bonds. The molecule has 2 aromatic carbocycles. The molecular weight excluding hydrogens is 454 g/mol. The van der Waals surface area contributed by atoms with Crippen molar-refractivity contribution in [3.05, 3.63) is 71.3 Å². The molecule has 0 spiro atoms. The van der Waals surface area contributed by atoms with E-state index in [-0.39, 0.29) is 0 Å². The third-order valence-corrected chi connectivity index (χ3v) is 6.97. The zero-order chi connectivity index (χ0) is 25.5. The maximum absolute atomic E-state index is 11.1. The molecule has 0 aliphatic carbocycles. The van der Waals surface area contributed by atoms with Gasteiger partial charge in [-0.05, 0) is 69.4 Å². The molecular formula is C29H39N3O4. The summed E-state index contributed by atoms with van der Waals surface area (Å²) < 4.78 is 19.7. The number of piperidine rings is 1. The van der Waals surface area contributed by atoms with Crippen molar-refractivity contribution in [2.75, 3.05) is 33.4 Å². The second kappa shape index (κ2) is 11.8. The third kappa shape index (κ3) is 6.80. The first-order valence-corrected chi connectivity index (χ1v) is 12.8. The topological polar surface area (TPSA) is 69.0 Å².